The van der Waals surface area contributed by atoms with Crippen LogP contribution >= 0.6 is 0 Å². The number of hydrogen-bond donors (Lipinski definition) is 0. The van der Waals surface area contributed by atoms with Crippen molar-refractivity contribution in [1.29, 1.82) is 0 Å². The van der Waals surface area contributed by atoms with E-state index in [0.717, 1.165) is 0 Å². The van der Waals surface area contributed by atoms with E-state index < -0.39 is 0 Å². The van der Waals surface area contributed by atoms with Crippen LogP contribution in [0.3, 0.4) is 0 Å². The summed E-state index contributed by atoms with van der Waals surface area (Å²) in [6.45, 7) is 0. The Kier molecular flexibility index (Phi) is 187. The summed E-state index contributed by atoms with van der Waals surface area (Å²) in [7, 11) is 0. The minimum atomic E-state index is 0. The Labute approximate surface area is 124 Å². The molecule has 0 aromatic carbocycles. The van der Waals surface area contributed by atoms with E-state index >= 15 is 0 Å². The van der Waals surface area contributed by atoms with Crippen LogP contribution in [-0.4, -0.2) is 128 Å². The van der Waals surface area contributed by atoms with Crippen molar-refractivity contribution in [2.45, 2.75) is 0 Å². The van der Waals surface area contributed by atoms with Gasteiger partial charge in [0.25, 0.3) is 0 Å². The summed E-state index contributed by atoms with van der Waals surface area (Å²) in [5, 5.41) is 0. The van der Waals surface area contributed by atoms with E-state index in [9.17, 15) is 0 Å². The van der Waals surface area contributed by atoms with E-state index in [1.807, 2.05) is 0 Å². The maximum atomic E-state index is 0. The van der Waals surface area contributed by atoms with Gasteiger partial charge in [0.2, 0.25) is 0 Å². The molecule has 0 atom stereocenters. The van der Waals surface area contributed by atoms with Crippen LogP contribution < -0.4 is 0 Å². The molecule has 0 bridgehead atoms. The van der Waals surface area contributed by atoms with Crippen LogP contribution in [-0.2, 0) is 0 Å². The van der Waals surface area contributed by atoms with Gasteiger partial charge in [-0.2, -0.15) is 0 Å². The Morgan fingerprint density at radius 3 is 1.00 bits per heavy atom. The quantitative estimate of drug-likeness (QED) is 0.401. The molecule has 0 heterocycles. The first kappa shape index (κ1) is 37.3. The summed E-state index contributed by atoms with van der Waals surface area (Å²) in [5.74, 6) is 0. The van der Waals surface area contributed by atoms with Gasteiger partial charge in [-0.15, -0.1) is 0 Å². The van der Waals surface area contributed by atoms with Crippen molar-refractivity contribution in [3.63, 3.8) is 0 Å². The predicted octanol–water partition coefficient (Wildman–Crippen LogP) is -5.29. The average molecular weight is 309 g/mol. The van der Waals surface area contributed by atoms with Gasteiger partial charge in [0.05, 0.1) is 0 Å². The first-order chi connectivity index (χ1) is 0. The van der Waals surface area contributed by atoms with E-state index in [2.05, 4.69) is 0 Å². The molecule has 0 radical (unpaired) electrons. The summed E-state index contributed by atoms with van der Waals surface area (Å²) in [6, 6.07) is 0. The second kappa shape index (κ2) is 25.1. The van der Waals surface area contributed by atoms with Crippen LogP contribution in [0.25, 0.3) is 0 Å². The fourth-order valence-corrected chi connectivity index (χ4v) is 0. The molecule has 0 aromatic rings. The van der Waals surface area contributed by atoms with E-state index in [1.54, 1.807) is 0 Å². The van der Waals surface area contributed by atoms with Crippen molar-refractivity contribution in [2.75, 3.05) is 0 Å². The van der Waals surface area contributed by atoms with Crippen LogP contribution in [0.5, 0.6) is 0 Å². The Bertz CT molecular complexity index is 11.6. The van der Waals surface area contributed by atoms with Gasteiger partial charge in [0, 0.05) is 0 Å². The van der Waals surface area contributed by atoms with Crippen molar-refractivity contribution < 1.29 is 5.48 Å². The third-order valence-corrected chi connectivity index (χ3v) is 0. The molecule has 0 amide bonds. The molecule has 0 aliphatic carbocycles. The van der Waals surface area contributed by atoms with Crippen molar-refractivity contribution in [1.82, 2.24) is 0 Å². The predicted molar refractivity (Wildman–Crippen MR) is 42.0 cm³/mol. The zero-order chi connectivity index (χ0) is 0. The summed E-state index contributed by atoms with van der Waals surface area (Å²) in [6.07, 6.45) is 0. The Morgan fingerprint density at radius 1 is 1.00 bits per heavy atom. The average Bonchev–Trinajstić information content (AvgIpc) is 0. The molecule has 0 saturated heterocycles. The van der Waals surface area contributed by atoms with E-state index in [-0.39, 0.29) is 128 Å². The fourth-order valence-electron chi connectivity index (χ4n) is 0. The summed E-state index contributed by atoms with van der Waals surface area (Å²) in [5.41, 5.74) is 0. The summed E-state index contributed by atoms with van der Waals surface area (Å²) >= 11 is 0. The third kappa shape index (κ3) is 18.2. The fraction of sp³-hybridized carbons (Fsp3) is 0. The third-order valence-electron chi connectivity index (χ3n) is 0. The SMILES string of the molecule is O.[AlH3].[BaH2].[SiH4].[SrH2]. The van der Waals surface area contributed by atoms with Gasteiger partial charge in [-0.05, 0) is 11.0 Å². The van der Waals surface area contributed by atoms with E-state index in [4.69, 9.17) is 0 Å². The van der Waals surface area contributed by atoms with E-state index in [1.165, 1.54) is 0 Å². The van der Waals surface area contributed by atoms with Crippen LogP contribution in [0.15, 0.2) is 0 Å². The van der Waals surface area contributed by atoms with Crippen molar-refractivity contribution in [2.24, 2.45) is 0 Å². The molecule has 0 unspecified atom stereocenters. The molecule has 30 valence electrons. The molecule has 5 heavy (non-hydrogen) atoms. The van der Waals surface area contributed by atoms with Gasteiger partial charge in [-0.1, -0.05) is 0 Å². The molecule has 0 rings (SSSR count). The van der Waals surface area contributed by atoms with Crippen molar-refractivity contribution in [3.8, 4) is 0 Å². The van der Waals surface area contributed by atoms with Gasteiger partial charge in [0.1, 0.15) is 0 Å². The van der Waals surface area contributed by atoms with Crippen LogP contribution in [0.1, 0.15) is 0 Å². The zero-order valence-electron chi connectivity index (χ0n) is 0.500. The normalized spacial score (nSPS) is 0. The molecule has 0 fully saturated rings. The van der Waals surface area contributed by atoms with Gasteiger partial charge < -0.3 is 5.48 Å². The van der Waals surface area contributed by atoms with Crippen LogP contribution in [0, 0.1) is 0 Å². The van der Waals surface area contributed by atoms with Crippen LogP contribution in [0.2, 0.25) is 0 Å². The second-order valence-corrected chi connectivity index (χ2v) is 0. The zero-order valence-corrected chi connectivity index (χ0v) is 0.500. The van der Waals surface area contributed by atoms with Crippen LogP contribution in [0.4, 0.5) is 0 Å². The Morgan fingerprint density at radius 2 is 1.00 bits per heavy atom. The van der Waals surface area contributed by atoms with Gasteiger partial charge in [-0.3, -0.25) is 0 Å². The minimum absolute atomic E-state index is 0. The molecular formula is H13AlBaOSiSr. The van der Waals surface area contributed by atoms with Gasteiger partial charge in [0.15, 0.2) is 17.4 Å². The second-order valence-electron chi connectivity index (χ2n) is 0. The molecule has 5 heteroatoms. The molecule has 0 aromatic heterocycles. The first-order valence-electron chi connectivity index (χ1n) is 0. The van der Waals surface area contributed by atoms with Gasteiger partial charge in [-0.25, -0.2) is 0 Å². The Balaban J connectivity index is 0. The summed E-state index contributed by atoms with van der Waals surface area (Å²) in [4.78, 5) is 0. The summed E-state index contributed by atoms with van der Waals surface area (Å²) < 4.78 is 0. The van der Waals surface area contributed by atoms with Crippen molar-refractivity contribution in [3.05, 3.63) is 0 Å². The monoisotopic (exact) mass is 310 g/mol. The number of rotatable bonds is 0. The molecule has 0 aliphatic heterocycles. The Hall–Kier alpha value is 3.76. The molecule has 2 N–H and O–H groups in total. The van der Waals surface area contributed by atoms with Gasteiger partial charge >= 0.3 is 94.4 Å². The molecule has 1 nitrogen and oxygen atoms in total. The first-order valence-corrected chi connectivity index (χ1v) is 0. The maximum absolute atomic E-state index is 0. The topological polar surface area (TPSA) is 31.5 Å². The molecule has 0 aliphatic rings. The molecule has 0 saturated carbocycles. The molecule has 0 spiro atoms. The number of hydrogen-bond acceptors (Lipinski definition) is 0. The standard InChI is InChI=1S/Al.Ba.H2O.H4Si.Sr.7H/h;;1H2;1H4;;;;;;;;. The van der Waals surface area contributed by atoms with E-state index in [0.29, 0.717) is 0 Å². The molecular weight excluding hydrogens is 296 g/mol. The van der Waals surface area contributed by atoms with Crippen molar-refractivity contribution >= 4 is 123 Å².